The molecule has 1 saturated heterocycles. The monoisotopic (exact) mass is 212 g/mol. The van der Waals surface area contributed by atoms with Crippen molar-refractivity contribution in [1.29, 1.82) is 0 Å². The lowest BCUT2D eigenvalue weighted by atomic mass is 9.95. The third kappa shape index (κ3) is 4.67. The van der Waals surface area contributed by atoms with Gasteiger partial charge in [-0.3, -0.25) is 4.79 Å². The van der Waals surface area contributed by atoms with Crippen LogP contribution in [0.25, 0.3) is 0 Å². The van der Waals surface area contributed by atoms with Crippen LogP contribution in [0.3, 0.4) is 0 Å². The molecule has 1 aliphatic rings. The molecule has 1 heterocycles. The van der Waals surface area contributed by atoms with Crippen molar-refractivity contribution in [1.82, 2.24) is 0 Å². The van der Waals surface area contributed by atoms with Crippen molar-refractivity contribution in [3.63, 3.8) is 0 Å². The molecule has 88 valence electrons. The van der Waals surface area contributed by atoms with E-state index in [9.17, 15) is 4.79 Å². The Morgan fingerprint density at radius 3 is 2.47 bits per heavy atom. The Balaban J connectivity index is 2.02. The maximum Gasteiger partial charge on any atom is 0.306 e. The summed E-state index contributed by atoms with van der Waals surface area (Å²) in [5.74, 6) is -0.0107. The van der Waals surface area contributed by atoms with Crippen molar-refractivity contribution in [2.75, 3.05) is 0 Å². The molecule has 0 aliphatic carbocycles. The van der Waals surface area contributed by atoms with Crippen LogP contribution < -0.4 is 0 Å². The second-order valence-electron chi connectivity index (χ2n) is 4.94. The summed E-state index contributed by atoms with van der Waals surface area (Å²) in [7, 11) is 0. The van der Waals surface area contributed by atoms with E-state index in [0.717, 1.165) is 12.8 Å². The number of cyclic esters (lactones) is 1. The van der Waals surface area contributed by atoms with Gasteiger partial charge in [-0.25, -0.2) is 0 Å². The summed E-state index contributed by atoms with van der Waals surface area (Å²) in [5.41, 5.74) is -0.137. The Hall–Kier alpha value is -0.530. The second-order valence-corrected chi connectivity index (χ2v) is 4.94. The molecule has 0 saturated carbocycles. The predicted molar refractivity (Wildman–Crippen MR) is 61.7 cm³/mol. The van der Waals surface area contributed by atoms with Gasteiger partial charge in [0, 0.05) is 6.42 Å². The minimum Gasteiger partial charge on any atom is -0.459 e. The Morgan fingerprint density at radius 1 is 1.20 bits per heavy atom. The molecule has 1 rings (SSSR count). The van der Waals surface area contributed by atoms with E-state index in [1.807, 2.05) is 0 Å². The summed E-state index contributed by atoms with van der Waals surface area (Å²) in [6, 6.07) is 0. The molecule has 0 N–H and O–H groups in total. The summed E-state index contributed by atoms with van der Waals surface area (Å²) < 4.78 is 5.34. The fourth-order valence-electron chi connectivity index (χ4n) is 2.20. The number of rotatable bonds is 7. The molecule has 1 fully saturated rings. The fourth-order valence-corrected chi connectivity index (χ4v) is 2.20. The Bertz CT molecular complexity index is 201. The van der Waals surface area contributed by atoms with E-state index in [4.69, 9.17) is 4.74 Å². The first-order valence-electron chi connectivity index (χ1n) is 6.38. The van der Waals surface area contributed by atoms with E-state index in [2.05, 4.69) is 13.8 Å². The van der Waals surface area contributed by atoms with E-state index in [1.54, 1.807) is 0 Å². The Labute approximate surface area is 93.4 Å². The highest BCUT2D eigenvalue weighted by molar-refractivity contribution is 5.72. The topological polar surface area (TPSA) is 26.3 Å². The van der Waals surface area contributed by atoms with Crippen LogP contribution in [0.2, 0.25) is 0 Å². The zero-order chi connectivity index (χ0) is 11.1. The molecule has 2 heteroatoms. The maximum atomic E-state index is 11.0. The highest BCUT2D eigenvalue weighted by Crippen LogP contribution is 2.31. The number of unbranched alkanes of at least 4 members (excludes halogenated alkanes) is 5. The van der Waals surface area contributed by atoms with Gasteiger partial charge >= 0.3 is 5.97 Å². The van der Waals surface area contributed by atoms with Gasteiger partial charge in [-0.2, -0.15) is 0 Å². The summed E-state index contributed by atoms with van der Waals surface area (Å²) in [5, 5.41) is 0. The first kappa shape index (κ1) is 12.5. The molecule has 0 bridgehead atoms. The SMILES string of the molecule is CCCCCCCCC1(C)CCC(=O)O1. The van der Waals surface area contributed by atoms with Crippen LogP contribution in [-0.4, -0.2) is 11.6 Å². The standard InChI is InChI=1S/C13H24O2/c1-3-4-5-6-7-8-10-13(2)11-9-12(14)15-13/h3-11H2,1-2H3. The van der Waals surface area contributed by atoms with E-state index in [-0.39, 0.29) is 11.6 Å². The molecule has 2 nitrogen and oxygen atoms in total. The van der Waals surface area contributed by atoms with Gasteiger partial charge in [-0.1, -0.05) is 39.0 Å². The van der Waals surface area contributed by atoms with Crippen LogP contribution in [0.1, 0.15) is 71.6 Å². The molecule has 0 radical (unpaired) electrons. The summed E-state index contributed by atoms with van der Waals surface area (Å²) in [6.45, 7) is 4.31. The highest BCUT2D eigenvalue weighted by Gasteiger charge is 2.34. The number of carbonyl (C=O) groups is 1. The van der Waals surface area contributed by atoms with Crippen LogP contribution >= 0.6 is 0 Å². The summed E-state index contributed by atoms with van der Waals surface area (Å²) in [4.78, 5) is 11.0. The van der Waals surface area contributed by atoms with Gasteiger partial charge in [0.15, 0.2) is 0 Å². The zero-order valence-corrected chi connectivity index (χ0v) is 10.2. The predicted octanol–water partition coefficient (Wildman–Crippen LogP) is 3.83. The van der Waals surface area contributed by atoms with Crippen LogP contribution in [0.5, 0.6) is 0 Å². The Kier molecular flexibility index (Phi) is 5.13. The average molecular weight is 212 g/mol. The third-order valence-corrected chi connectivity index (χ3v) is 3.28. The number of esters is 1. The average Bonchev–Trinajstić information content (AvgIpc) is 2.53. The van der Waals surface area contributed by atoms with Gasteiger partial charge in [0.25, 0.3) is 0 Å². The third-order valence-electron chi connectivity index (χ3n) is 3.28. The lowest BCUT2D eigenvalue weighted by Crippen LogP contribution is -2.23. The molecule has 1 unspecified atom stereocenters. The summed E-state index contributed by atoms with van der Waals surface area (Å²) in [6.07, 6.45) is 10.4. The fraction of sp³-hybridized carbons (Fsp3) is 0.923. The normalized spacial score (nSPS) is 25.6. The maximum absolute atomic E-state index is 11.0. The van der Waals surface area contributed by atoms with Crippen molar-refractivity contribution in [3.05, 3.63) is 0 Å². The van der Waals surface area contributed by atoms with Crippen LogP contribution in [0, 0.1) is 0 Å². The van der Waals surface area contributed by atoms with E-state index in [0.29, 0.717) is 6.42 Å². The lowest BCUT2D eigenvalue weighted by molar-refractivity contribution is -0.147. The molecule has 0 spiro atoms. The molecule has 0 amide bonds. The van der Waals surface area contributed by atoms with E-state index >= 15 is 0 Å². The van der Waals surface area contributed by atoms with Crippen molar-refractivity contribution < 1.29 is 9.53 Å². The minimum absolute atomic E-state index is 0.0107. The molecule has 1 atom stereocenters. The highest BCUT2D eigenvalue weighted by atomic mass is 16.6. The van der Waals surface area contributed by atoms with Crippen LogP contribution in [0.15, 0.2) is 0 Å². The molecule has 1 aliphatic heterocycles. The van der Waals surface area contributed by atoms with Gasteiger partial charge < -0.3 is 4.74 Å². The number of hydrogen-bond acceptors (Lipinski definition) is 2. The molecular weight excluding hydrogens is 188 g/mol. The zero-order valence-electron chi connectivity index (χ0n) is 10.2. The van der Waals surface area contributed by atoms with Gasteiger partial charge in [0.05, 0.1) is 0 Å². The minimum atomic E-state index is -0.137. The molecule has 0 aromatic heterocycles. The van der Waals surface area contributed by atoms with E-state index in [1.165, 1.54) is 38.5 Å². The first-order chi connectivity index (χ1) is 7.16. The van der Waals surface area contributed by atoms with Crippen LogP contribution in [-0.2, 0) is 9.53 Å². The van der Waals surface area contributed by atoms with Crippen molar-refractivity contribution in [2.24, 2.45) is 0 Å². The van der Waals surface area contributed by atoms with Gasteiger partial charge in [0.2, 0.25) is 0 Å². The quantitative estimate of drug-likeness (QED) is 0.473. The van der Waals surface area contributed by atoms with E-state index < -0.39 is 0 Å². The molecule has 0 aromatic carbocycles. The van der Waals surface area contributed by atoms with Crippen LogP contribution in [0.4, 0.5) is 0 Å². The van der Waals surface area contributed by atoms with Gasteiger partial charge in [-0.15, -0.1) is 0 Å². The largest absolute Gasteiger partial charge is 0.459 e. The number of ether oxygens (including phenoxy) is 1. The van der Waals surface area contributed by atoms with Gasteiger partial charge in [-0.05, 0) is 26.2 Å². The molecular formula is C13H24O2. The lowest BCUT2D eigenvalue weighted by Gasteiger charge is -2.22. The van der Waals surface area contributed by atoms with Crippen molar-refractivity contribution >= 4 is 5.97 Å². The number of carbonyl (C=O) groups excluding carboxylic acids is 1. The van der Waals surface area contributed by atoms with Crippen molar-refractivity contribution in [2.45, 2.75) is 77.2 Å². The first-order valence-corrected chi connectivity index (χ1v) is 6.38. The number of hydrogen-bond donors (Lipinski definition) is 0. The second kappa shape index (κ2) is 6.14. The molecule has 15 heavy (non-hydrogen) atoms. The smallest absolute Gasteiger partial charge is 0.306 e. The van der Waals surface area contributed by atoms with Crippen molar-refractivity contribution in [3.8, 4) is 0 Å². The Morgan fingerprint density at radius 2 is 1.87 bits per heavy atom. The van der Waals surface area contributed by atoms with Gasteiger partial charge in [0.1, 0.15) is 5.60 Å². The summed E-state index contributed by atoms with van der Waals surface area (Å²) >= 11 is 0. The molecule has 0 aromatic rings.